The van der Waals surface area contributed by atoms with Gasteiger partial charge >= 0.3 is 0 Å². The molecule has 1 atom stereocenters. The Kier molecular flexibility index (Phi) is 3.28. The number of hydrogen-bond donors (Lipinski definition) is 1. The van der Waals surface area contributed by atoms with E-state index in [1.807, 2.05) is 0 Å². The van der Waals surface area contributed by atoms with E-state index in [9.17, 15) is 5.11 Å². The zero-order valence-corrected chi connectivity index (χ0v) is 11.3. The maximum absolute atomic E-state index is 9.63. The number of benzene rings is 1. The Morgan fingerprint density at radius 3 is 2.29 bits per heavy atom. The molecule has 1 unspecified atom stereocenters. The topological polar surface area (TPSA) is 23.5 Å². The smallest absolute Gasteiger partial charge is 0.0505 e. The van der Waals surface area contributed by atoms with Crippen molar-refractivity contribution in [3.63, 3.8) is 0 Å². The molecule has 0 saturated heterocycles. The number of aliphatic hydroxyl groups is 1. The fraction of sp³-hybridized carbons (Fsp3) is 0.600. The van der Waals surface area contributed by atoms with Crippen LogP contribution < -0.4 is 0 Å². The lowest BCUT2D eigenvalue weighted by Crippen LogP contribution is -2.31. The second kappa shape index (κ2) is 4.43. The molecular formula is C15H23NO. The van der Waals surface area contributed by atoms with Crippen LogP contribution in [0.4, 0.5) is 0 Å². The molecule has 2 rings (SSSR count). The van der Waals surface area contributed by atoms with Crippen LogP contribution in [0.1, 0.15) is 35.6 Å². The van der Waals surface area contributed by atoms with Gasteiger partial charge in [0.05, 0.1) is 6.61 Å². The van der Waals surface area contributed by atoms with Crippen molar-refractivity contribution in [2.24, 2.45) is 5.41 Å². The van der Waals surface area contributed by atoms with E-state index in [1.165, 1.54) is 16.7 Å². The summed E-state index contributed by atoms with van der Waals surface area (Å²) in [6.07, 6.45) is 2.28. The highest BCUT2D eigenvalue weighted by Crippen LogP contribution is 2.56. The fourth-order valence-corrected chi connectivity index (χ4v) is 2.81. The number of aryl methyl sites for hydroxylation is 2. The van der Waals surface area contributed by atoms with Gasteiger partial charge in [0.25, 0.3) is 0 Å². The van der Waals surface area contributed by atoms with Gasteiger partial charge in [-0.2, -0.15) is 0 Å². The number of nitrogens with zero attached hydrogens (tertiary/aromatic N) is 1. The third-order valence-corrected chi connectivity index (χ3v) is 4.15. The Morgan fingerprint density at radius 2 is 1.88 bits per heavy atom. The van der Waals surface area contributed by atoms with Gasteiger partial charge in [0, 0.05) is 11.5 Å². The van der Waals surface area contributed by atoms with E-state index in [0.717, 1.165) is 12.8 Å². The van der Waals surface area contributed by atoms with E-state index in [0.29, 0.717) is 12.6 Å². The Balaban J connectivity index is 2.36. The Bertz CT molecular complexity index is 407. The molecule has 1 aliphatic rings. The maximum atomic E-state index is 9.63. The van der Waals surface area contributed by atoms with Crippen LogP contribution in [0.2, 0.25) is 0 Å². The molecule has 0 amide bonds. The Hall–Kier alpha value is -0.860. The van der Waals surface area contributed by atoms with Crippen molar-refractivity contribution in [1.82, 2.24) is 4.90 Å². The average molecular weight is 233 g/mol. The molecule has 1 fully saturated rings. The van der Waals surface area contributed by atoms with Crippen molar-refractivity contribution < 1.29 is 5.11 Å². The summed E-state index contributed by atoms with van der Waals surface area (Å²) in [5.41, 5.74) is 4.11. The molecule has 1 aromatic rings. The minimum absolute atomic E-state index is 0.102. The molecular weight excluding hydrogens is 210 g/mol. The lowest BCUT2D eigenvalue weighted by molar-refractivity contribution is 0.115. The summed E-state index contributed by atoms with van der Waals surface area (Å²) in [7, 11) is 4.21. The first-order valence-electron chi connectivity index (χ1n) is 6.34. The van der Waals surface area contributed by atoms with E-state index < -0.39 is 0 Å². The molecule has 0 aromatic heterocycles. The monoisotopic (exact) mass is 233 g/mol. The van der Waals surface area contributed by atoms with Crippen molar-refractivity contribution in [1.29, 1.82) is 0 Å². The normalized spacial score (nSPS) is 19.4. The third-order valence-electron chi connectivity index (χ3n) is 4.15. The molecule has 2 nitrogen and oxygen atoms in total. The molecule has 0 bridgehead atoms. The molecule has 1 aliphatic carbocycles. The molecule has 1 saturated carbocycles. The minimum atomic E-state index is 0.102. The predicted octanol–water partition coefficient (Wildman–Crippen LogP) is 2.68. The van der Waals surface area contributed by atoms with E-state index in [1.54, 1.807) is 0 Å². The Morgan fingerprint density at radius 1 is 1.24 bits per heavy atom. The molecule has 94 valence electrons. The molecule has 1 aromatic carbocycles. The van der Waals surface area contributed by atoms with E-state index in [2.05, 4.69) is 51.0 Å². The SMILES string of the molecule is Cc1ccc(C(N(C)C)C2(CO)CC2)cc1C. The lowest BCUT2D eigenvalue weighted by Gasteiger charge is -2.32. The van der Waals surface area contributed by atoms with Crippen molar-refractivity contribution in [2.75, 3.05) is 20.7 Å². The number of aliphatic hydroxyl groups excluding tert-OH is 1. The van der Waals surface area contributed by atoms with Crippen LogP contribution in [0.15, 0.2) is 18.2 Å². The van der Waals surface area contributed by atoms with Crippen LogP contribution in [0.3, 0.4) is 0 Å². The molecule has 2 heteroatoms. The van der Waals surface area contributed by atoms with Crippen molar-refractivity contribution in [2.45, 2.75) is 32.7 Å². The molecule has 0 heterocycles. The molecule has 1 N–H and O–H groups in total. The van der Waals surface area contributed by atoms with Gasteiger partial charge < -0.3 is 10.0 Å². The highest BCUT2D eigenvalue weighted by molar-refractivity contribution is 5.33. The van der Waals surface area contributed by atoms with Gasteiger partial charge in [0.2, 0.25) is 0 Å². The molecule has 0 spiro atoms. The zero-order valence-electron chi connectivity index (χ0n) is 11.3. The molecule has 0 aliphatic heterocycles. The van der Waals surface area contributed by atoms with Crippen LogP contribution in [0.25, 0.3) is 0 Å². The van der Waals surface area contributed by atoms with Crippen molar-refractivity contribution in [3.8, 4) is 0 Å². The first-order chi connectivity index (χ1) is 8.00. The minimum Gasteiger partial charge on any atom is -0.396 e. The molecule has 17 heavy (non-hydrogen) atoms. The third kappa shape index (κ3) is 2.24. The summed E-state index contributed by atoms with van der Waals surface area (Å²) >= 11 is 0. The van der Waals surface area contributed by atoms with Gasteiger partial charge in [-0.1, -0.05) is 18.2 Å². The van der Waals surface area contributed by atoms with Crippen LogP contribution in [0, 0.1) is 19.3 Å². The number of hydrogen-bond acceptors (Lipinski definition) is 2. The summed E-state index contributed by atoms with van der Waals surface area (Å²) in [4.78, 5) is 2.24. The van der Waals surface area contributed by atoms with Gasteiger partial charge in [-0.3, -0.25) is 0 Å². The Labute approximate surface area is 104 Å². The van der Waals surface area contributed by atoms with Gasteiger partial charge in [-0.15, -0.1) is 0 Å². The highest BCUT2D eigenvalue weighted by Gasteiger charge is 2.50. The average Bonchev–Trinajstić information content (AvgIpc) is 3.04. The standard InChI is InChI=1S/C15H23NO/c1-11-5-6-13(9-12(11)2)14(16(3)4)15(10-17)7-8-15/h5-6,9,14,17H,7-8,10H2,1-4H3. The van der Waals surface area contributed by atoms with Crippen LogP contribution in [-0.2, 0) is 0 Å². The van der Waals surface area contributed by atoms with Gasteiger partial charge in [0.1, 0.15) is 0 Å². The van der Waals surface area contributed by atoms with Gasteiger partial charge in [0.15, 0.2) is 0 Å². The summed E-state index contributed by atoms with van der Waals surface area (Å²) < 4.78 is 0. The van der Waals surface area contributed by atoms with E-state index in [-0.39, 0.29) is 5.41 Å². The summed E-state index contributed by atoms with van der Waals surface area (Å²) in [6.45, 7) is 4.59. The highest BCUT2D eigenvalue weighted by atomic mass is 16.3. The lowest BCUT2D eigenvalue weighted by atomic mass is 9.88. The zero-order chi connectivity index (χ0) is 12.6. The van der Waals surface area contributed by atoms with Gasteiger partial charge in [-0.25, -0.2) is 0 Å². The fourth-order valence-electron chi connectivity index (χ4n) is 2.81. The molecule has 0 radical (unpaired) electrons. The van der Waals surface area contributed by atoms with Gasteiger partial charge in [-0.05, 0) is 57.5 Å². The van der Waals surface area contributed by atoms with E-state index >= 15 is 0 Å². The second-order valence-corrected chi connectivity index (χ2v) is 5.73. The van der Waals surface area contributed by atoms with Crippen LogP contribution in [0.5, 0.6) is 0 Å². The summed E-state index contributed by atoms with van der Waals surface area (Å²) in [6, 6.07) is 7.01. The van der Waals surface area contributed by atoms with Crippen molar-refractivity contribution in [3.05, 3.63) is 34.9 Å². The van der Waals surface area contributed by atoms with Crippen LogP contribution in [-0.4, -0.2) is 30.7 Å². The largest absolute Gasteiger partial charge is 0.396 e. The first kappa shape index (κ1) is 12.6. The second-order valence-electron chi connectivity index (χ2n) is 5.73. The summed E-state index contributed by atoms with van der Waals surface area (Å²) in [5.74, 6) is 0. The predicted molar refractivity (Wildman–Crippen MR) is 71.1 cm³/mol. The van der Waals surface area contributed by atoms with Crippen molar-refractivity contribution >= 4 is 0 Å². The first-order valence-corrected chi connectivity index (χ1v) is 6.34. The maximum Gasteiger partial charge on any atom is 0.0505 e. The summed E-state index contributed by atoms with van der Waals surface area (Å²) in [5, 5.41) is 9.63. The van der Waals surface area contributed by atoms with Crippen LogP contribution >= 0.6 is 0 Å². The quantitative estimate of drug-likeness (QED) is 0.864. The van der Waals surface area contributed by atoms with E-state index in [4.69, 9.17) is 0 Å². The number of rotatable bonds is 4.